The van der Waals surface area contributed by atoms with Crippen LogP contribution in [0.1, 0.15) is 28.7 Å². The molecule has 1 heterocycles. The summed E-state index contributed by atoms with van der Waals surface area (Å²) < 4.78 is 27.9. The van der Waals surface area contributed by atoms with Gasteiger partial charge in [0, 0.05) is 6.54 Å². The average molecular weight is 315 g/mol. The number of hydrogen-bond acceptors (Lipinski definition) is 2. The Hall–Kier alpha value is -1.81. The van der Waals surface area contributed by atoms with Crippen LogP contribution in [0.2, 0.25) is 0 Å². The number of benzene rings is 2. The van der Waals surface area contributed by atoms with Crippen LogP contribution in [-0.4, -0.2) is 15.0 Å². The third-order valence-corrected chi connectivity index (χ3v) is 6.38. The predicted molar refractivity (Wildman–Crippen MR) is 89.9 cm³/mol. The average Bonchev–Trinajstić information content (AvgIpc) is 2.50. The minimum atomic E-state index is -3.51. The van der Waals surface area contributed by atoms with Crippen molar-refractivity contribution in [3.05, 3.63) is 58.7 Å². The van der Waals surface area contributed by atoms with Gasteiger partial charge in [-0.2, -0.15) is 0 Å². The first-order valence-electron chi connectivity index (χ1n) is 7.60. The monoisotopic (exact) mass is 315 g/mol. The zero-order chi connectivity index (χ0) is 15.9. The molecule has 2 aromatic rings. The maximum atomic E-state index is 13.2. The molecule has 1 aliphatic rings. The maximum Gasteiger partial charge on any atom is 0.264 e. The van der Waals surface area contributed by atoms with Crippen molar-refractivity contribution < 1.29 is 8.42 Å². The SMILES string of the molecule is Cc1cc(C)c(S(=O)(=O)N2CCCc3ccccc32)cc1C. The molecule has 0 amide bonds. The Morgan fingerprint density at radius 1 is 0.955 bits per heavy atom. The second-order valence-electron chi connectivity index (χ2n) is 6.01. The highest BCUT2D eigenvalue weighted by Crippen LogP contribution is 2.33. The van der Waals surface area contributed by atoms with E-state index in [1.165, 1.54) is 0 Å². The molecule has 4 heteroatoms. The molecular weight excluding hydrogens is 294 g/mol. The van der Waals surface area contributed by atoms with Gasteiger partial charge in [0.25, 0.3) is 10.0 Å². The van der Waals surface area contributed by atoms with Gasteiger partial charge in [0.15, 0.2) is 0 Å². The Bertz CT molecular complexity index is 825. The highest BCUT2D eigenvalue weighted by molar-refractivity contribution is 7.92. The van der Waals surface area contributed by atoms with Crippen molar-refractivity contribution in [1.29, 1.82) is 0 Å². The summed E-state index contributed by atoms with van der Waals surface area (Å²) in [7, 11) is -3.51. The van der Waals surface area contributed by atoms with Gasteiger partial charge in [0.1, 0.15) is 0 Å². The van der Waals surface area contributed by atoms with E-state index in [9.17, 15) is 8.42 Å². The van der Waals surface area contributed by atoms with Crippen LogP contribution in [0.15, 0.2) is 41.3 Å². The number of fused-ring (bicyclic) bond motifs is 1. The van der Waals surface area contributed by atoms with Gasteiger partial charge >= 0.3 is 0 Å². The lowest BCUT2D eigenvalue weighted by Gasteiger charge is -2.31. The van der Waals surface area contributed by atoms with Crippen molar-refractivity contribution >= 4 is 15.7 Å². The highest BCUT2D eigenvalue weighted by Gasteiger charge is 2.30. The Morgan fingerprint density at radius 3 is 2.41 bits per heavy atom. The molecule has 1 aliphatic heterocycles. The fraction of sp³-hybridized carbons (Fsp3) is 0.333. The summed E-state index contributed by atoms with van der Waals surface area (Å²) in [5.74, 6) is 0. The first kappa shape index (κ1) is 15.1. The second-order valence-corrected chi connectivity index (χ2v) is 7.84. The fourth-order valence-electron chi connectivity index (χ4n) is 3.08. The molecule has 0 aliphatic carbocycles. The van der Waals surface area contributed by atoms with Crippen molar-refractivity contribution in [2.45, 2.75) is 38.5 Å². The van der Waals surface area contributed by atoms with Crippen LogP contribution >= 0.6 is 0 Å². The van der Waals surface area contributed by atoms with Gasteiger partial charge in [-0.3, -0.25) is 4.31 Å². The number of hydrogen-bond donors (Lipinski definition) is 0. The predicted octanol–water partition coefficient (Wildman–Crippen LogP) is 3.75. The topological polar surface area (TPSA) is 37.4 Å². The van der Waals surface area contributed by atoms with Gasteiger partial charge < -0.3 is 0 Å². The van der Waals surface area contributed by atoms with Crippen LogP contribution in [0.25, 0.3) is 0 Å². The lowest BCUT2D eigenvalue weighted by molar-refractivity contribution is 0.586. The summed E-state index contributed by atoms with van der Waals surface area (Å²) in [6.45, 7) is 6.38. The lowest BCUT2D eigenvalue weighted by atomic mass is 10.0. The first-order chi connectivity index (χ1) is 10.4. The third-order valence-electron chi connectivity index (χ3n) is 4.43. The van der Waals surface area contributed by atoms with Crippen LogP contribution in [0.4, 0.5) is 5.69 Å². The summed E-state index contributed by atoms with van der Waals surface area (Å²) in [6, 6.07) is 11.6. The number of rotatable bonds is 2. The van der Waals surface area contributed by atoms with E-state index in [1.54, 1.807) is 10.4 Å². The smallest absolute Gasteiger partial charge is 0.264 e. The molecule has 0 bridgehead atoms. The standard InChI is InChI=1S/C18H21NO2S/c1-13-11-15(3)18(12-14(13)2)22(20,21)19-10-6-8-16-7-4-5-9-17(16)19/h4-5,7,9,11-12H,6,8,10H2,1-3H3. The molecular formula is C18H21NO2S. The van der Waals surface area contributed by atoms with E-state index in [0.717, 1.165) is 40.8 Å². The summed E-state index contributed by atoms with van der Waals surface area (Å²) >= 11 is 0. The van der Waals surface area contributed by atoms with E-state index >= 15 is 0 Å². The van der Waals surface area contributed by atoms with Gasteiger partial charge in [-0.15, -0.1) is 0 Å². The van der Waals surface area contributed by atoms with Gasteiger partial charge in [-0.05, 0) is 68.0 Å². The van der Waals surface area contributed by atoms with Crippen molar-refractivity contribution in [1.82, 2.24) is 0 Å². The number of sulfonamides is 1. The molecule has 0 saturated carbocycles. The summed E-state index contributed by atoms with van der Waals surface area (Å²) in [4.78, 5) is 0.423. The Labute approximate surface area is 132 Å². The molecule has 0 unspecified atom stereocenters. The van der Waals surface area contributed by atoms with E-state index in [2.05, 4.69) is 0 Å². The molecule has 0 fully saturated rings. The van der Waals surface area contributed by atoms with Crippen molar-refractivity contribution in [3.8, 4) is 0 Å². The molecule has 3 nitrogen and oxygen atoms in total. The quantitative estimate of drug-likeness (QED) is 0.846. The Kier molecular flexibility index (Phi) is 3.73. The van der Waals surface area contributed by atoms with Gasteiger partial charge in [-0.25, -0.2) is 8.42 Å². The van der Waals surface area contributed by atoms with Crippen LogP contribution in [0.3, 0.4) is 0 Å². The number of aryl methyl sites for hydroxylation is 4. The third kappa shape index (κ3) is 2.41. The number of nitrogens with zero attached hydrogens (tertiary/aromatic N) is 1. The molecule has 116 valence electrons. The molecule has 0 N–H and O–H groups in total. The van der Waals surface area contributed by atoms with E-state index in [4.69, 9.17) is 0 Å². The second kappa shape index (κ2) is 5.43. The van der Waals surface area contributed by atoms with Crippen LogP contribution in [0.5, 0.6) is 0 Å². The molecule has 0 radical (unpaired) electrons. The molecule has 0 saturated heterocycles. The van der Waals surface area contributed by atoms with Gasteiger partial charge in [0.2, 0.25) is 0 Å². The maximum absolute atomic E-state index is 13.2. The summed E-state index contributed by atoms with van der Waals surface area (Å²) in [6.07, 6.45) is 1.80. The highest BCUT2D eigenvalue weighted by atomic mass is 32.2. The largest absolute Gasteiger partial charge is 0.266 e. The van der Waals surface area contributed by atoms with Crippen LogP contribution in [-0.2, 0) is 16.4 Å². The van der Waals surface area contributed by atoms with E-state index < -0.39 is 10.0 Å². The van der Waals surface area contributed by atoms with Crippen LogP contribution < -0.4 is 4.31 Å². The molecule has 0 aromatic heterocycles. The Morgan fingerprint density at radius 2 is 1.64 bits per heavy atom. The summed E-state index contributed by atoms with van der Waals surface area (Å²) in [5.41, 5.74) is 4.88. The van der Waals surface area contributed by atoms with Crippen molar-refractivity contribution in [3.63, 3.8) is 0 Å². The molecule has 0 spiro atoms. The first-order valence-corrected chi connectivity index (χ1v) is 9.04. The minimum absolute atomic E-state index is 0.423. The zero-order valence-electron chi connectivity index (χ0n) is 13.3. The van der Waals surface area contributed by atoms with E-state index in [-0.39, 0.29) is 0 Å². The van der Waals surface area contributed by atoms with Crippen LogP contribution in [0, 0.1) is 20.8 Å². The number of para-hydroxylation sites is 1. The molecule has 0 atom stereocenters. The Balaban J connectivity index is 2.14. The fourth-order valence-corrected chi connectivity index (χ4v) is 4.91. The van der Waals surface area contributed by atoms with Crippen molar-refractivity contribution in [2.24, 2.45) is 0 Å². The van der Waals surface area contributed by atoms with E-state index in [0.29, 0.717) is 11.4 Å². The minimum Gasteiger partial charge on any atom is -0.266 e. The molecule has 3 rings (SSSR count). The normalized spacial score (nSPS) is 14.8. The lowest BCUT2D eigenvalue weighted by Crippen LogP contribution is -2.35. The summed E-state index contributed by atoms with van der Waals surface area (Å²) in [5, 5.41) is 0. The molecule has 22 heavy (non-hydrogen) atoms. The van der Waals surface area contributed by atoms with Gasteiger partial charge in [-0.1, -0.05) is 24.3 Å². The van der Waals surface area contributed by atoms with Crippen molar-refractivity contribution in [2.75, 3.05) is 10.8 Å². The number of anilines is 1. The molecule has 2 aromatic carbocycles. The van der Waals surface area contributed by atoms with E-state index in [1.807, 2.05) is 51.1 Å². The van der Waals surface area contributed by atoms with Gasteiger partial charge in [0.05, 0.1) is 10.6 Å². The zero-order valence-corrected chi connectivity index (χ0v) is 14.1.